The van der Waals surface area contributed by atoms with Crippen LogP contribution in [0.1, 0.15) is 37.7 Å². The van der Waals surface area contributed by atoms with Gasteiger partial charge in [0.15, 0.2) is 5.16 Å². The Bertz CT molecular complexity index is 1090. The van der Waals surface area contributed by atoms with Gasteiger partial charge in [0.2, 0.25) is 5.91 Å². The van der Waals surface area contributed by atoms with Crippen LogP contribution in [0.15, 0.2) is 52.5 Å². The highest BCUT2D eigenvalue weighted by Gasteiger charge is 2.18. The zero-order valence-electron chi connectivity index (χ0n) is 16.4. The number of amides is 1. The van der Waals surface area contributed by atoms with Crippen LogP contribution < -0.4 is 10.9 Å². The Kier molecular flexibility index (Phi) is 5.94. The number of aromatic nitrogens is 3. The molecule has 6 nitrogen and oxygen atoms in total. The third-order valence-corrected chi connectivity index (χ3v) is 6.12. The van der Waals surface area contributed by atoms with Crippen molar-refractivity contribution in [1.82, 2.24) is 19.9 Å². The van der Waals surface area contributed by atoms with E-state index in [0.29, 0.717) is 21.9 Å². The highest BCUT2D eigenvalue weighted by Crippen LogP contribution is 2.22. The van der Waals surface area contributed by atoms with Gasteiger partial charge in [-0.25, -0.2) is 14.5 Å². The maximum atomic E-state index is 13.2. The summed E-state index contributed by atoms with van der Waals surface area (Å²) >= 11 is 1.27. The zero-order chi connectivity index (χ0) is 20.2. The molecule has 3 aromatic rings. The van der Waals surface area contributed by atoms with Gasteiger partial charge >= 0.3 is 0 Å². The molecule has 29 heavy (non-hydrogen) atoms. The second-order valence-corrected chi connectivity index (χ2v) is 8.38. The molecule has 150 valence electrons. The number of hydrogen-bond donors (Lipinski definition) is 1. The summed E-state index contributed by atoms with van der Waals surface area (Å²) in [5.74, 6) is 0.712. The van der Waals surface area contributed by atoms with Crippen molar-refractivity contribution in [2.45, 2.75) is 50.2 Å². The number of nitrogens with one attached hydrogen (secondary N) is 1. The minimum absolute atomic E-state index is 0.0203. The molecule has 0 aliphatic heterocycles. The van der Waals surface area contributed by atoms with Gasteiger partial charge in [0.05, 0.1) is 16.7 Å². The van der Waals surface area contributed by atoms with Crippen LogP contribution in [-0.4, -0.2) is 32.2 Å². The monoisotopic (exact) mass is 408 g/mol. The first kappa shape index (κ1) is 19.6. The van der Waals surface area contributed by atoms with Gasteiger partial charge in [-0.1, -0.05) is 43.2 Å². The summed E-state index contributed by atoms with van der Waals surface area (Å²) in [4.78, 5) is 34.7. The summed E-state index contributed by atoms with van der Waals surface area (Å²) in [6, 6.07) is 11.3. The lowest BCUT2D eigenvalue weighted by atomic mass is 9.95. The molecule has 1 N–H and O–H groups in total. The number of benzene rings is 1. The van der Waals surface area contributed by atoms with Crippen molar-refractivity contribution >= 4 is 28.6 Å². The third-order valence-electron chi connectivity index (χ3n) is 5.18. The molecule has 1 aliphatic carbocycles. The molecule has 2 aromatic heterocycles. The quantitative estimate of drug-likeness (QED) is 0.515. The van der Waals surface area contributed by atoms with E-state index in [1.807, 2.05) is 37.3 Å². The summed E-state index contributed by atoms with van der Waals surface area (Å²) in [5.41, 5.74) is 1.45. The smallest absolute Gasteiger partial charge is 0.267 e. The Labute approximate surface area is 173 Å². The predicted octanol–water partition coefficient (Wildman–Crippen LogP) is 3.63. The molecular weight excluding hydrogens is 384 g/mol. The number of carbonyl (C=O) groups excluding carboxylic acids is 1. The number of para-hydroxylation sites is 1. The molecule has 0 saturated heterocycles. The van der Waals surface area contributed by atoms with Crippen molar-refractivity contribution in [3.63, 3.8) is 0 Å². The lowest BCUT2D eigenvalue weighted by Crippen LogP contribution is -2.37. The van der Waals surface area contributed by atoms with Crippen LogP contribution >= 0.6 is 11.8 Å². The van der Waals surface area contributed by atoms with E-state index < -0.39 is 0 Å². The number of pyridine rings is 1. The summed E-state index contributed by atoms with van der Waals surface area (Å²) in [6.07, 6.45) is 7.35. The van der Waals surface area contributed by atoms with Crippen molar-refractivity contribution in [3.8, 4) is 5.82 Å². The topological polar surface area (TPSA) is 76.9 Å². The lowest BCUT2D eigenvalue weighted by Gasteiger charge is -2.22. The number of rotatable bonds is 5. The van der Waals surface area contributed by atoms with Gasteiger partial charge in [-0.3, -0.25) is 9.59 Å². The Morgan fingerprint density at radius 2 is 2.00 bits per heavy atom. The Morgan fingerprint density at radius 3 is 2.79 bits per heavy atom. The van der Waals surface area contributed by atoms with Gasteiger partial charge in [-0.15, -0.1) is 0 Å². The largest absolute Gasteiger partial charge is 0.353 e. The van der Waals surface area contributed by atoms with E-state index >= 15 is 0 Å². The van der Waals surface area contributed by atoms with Crippen molar-refractivity contribution in [3.05, 3.63) is 58.5 Å². The molecule has 0 unspecified atom stereocenters. The highest BCUT2D eigenvalue weighted by molar-refractivity contribution is 7.99. The molecule has 2 heterocycles. The van der Waals surface area contributed by atoms with Crippen molar-refractivity contribution in [2.75, 3.05) is 5.75 Å². The summed E-state index contributed by atoms with van der Waals surface area (Å²) < 4.78 is 1.51. The van der Waals surface area contributed by atoms with Gasteiger partial charge in [0, 0.05) is 12.2 Å². The van der Waals surface area contributed by atoms with E-state index in [4.69, 9.17) is 0 Å². The normalized spacial score (nSPS) is 14.8. The molecule has 1 fully saturated rings. The van der Waals surface area contributed by atoms with Crippen LogP contribution in [0.4, 0.5) is 0 Å². The molecule has 0 bridgehead atoms. The van der Waals surface area contributed by atoms with Gasteiger partial charge in [-0.2, -0.15) is 0 Å². The summed E-state index contributed by atoms with van der Waals surface area (Å²) in [7, 11) is 0. The molecule has 1 saturated carbocycles. The fraction of sp³-hybridized carbons (Fsp3) is 0.364. The van der Waals surface area contributed by atoms with Crippen molar-refractivity contribution in [2.24, 2.45) is 0 Å². The third kappa shape index (κ3) is 4.50. The Balaban J connectivity index is 1.64. The number of thioether (sulfide) groups is 1. The maximum absolute atomic E-state index is 13.2. The number of nitrogens with zero attached hydrogens (tertiary/aromatic N) is 3. The number of carbonyl (C=O) groups is 1. The van der Waals surface area contributed by atoms with Crippen LogP contribution in [0.2, 0.25) is 0 Å². The van der Waals surface area contributed by atoms with E-state index in [1.165, 1.54) is 35.6 Å². The van der Waals surface area contributed by atoms with E-state index in [1.54, 1.807) is 12.3 Å². The predicted molar refractivity (Wildman–Crippen MR) is 116 cm³/mol. The molecule has 1 aliphatic rings. The maximum Gasteiger partial charge on any atom is 0.267 e. The van der Waals surface area contributed by atoms with Crippen molar-refractivity contribution in [1.29, 1.82) is 0 Å². The summed E-state index contributed by atoms with van der Waals surface area (Å²) in [6.45, 7) is 1.95. The first-order valence-corrected chi connectivity index (χ1v) is 11.0. The minimum atomic E-state index is -0.177. The molecule has 7 heteroatoms. The molecule has 0 atom stereocenters. The van der Waals surface area contributed by atoms with Gasteiger partial charge in [-0.05, 0) is 49.6 Å². The highest BCUT2D eigenvalue weighted by atomic mass is 32.2. The van der Waals surface area contributed by atoms with Crippen LogP contribution in [0.25, 0.3) is 16.7 Å². The van der Waals surface area contributed by atoms with E-state index in [-0.39, 0.29) is 23.3 Å². The van der Waals surface area contributed by atoms with Gasteiger partial charge in [0.1, 0.15) is 5.82 Å². The van der Waals surface area contributed by atoms with Crippen LogP contribution in [-0.2, 0) is 4.79 Å². The van der Waals surface area contributed by atoms with Gasteiger partial charge < -0.3 is 5.32 Å². The second-order valence-electron chi connectivity index (χ2n) is 7.43. The van der Waals surface area contributed by atoms with Gasteiger partial charge in [0.25, 0.3) is 5.56 Å². The Morgan fingerprint density at radius 1 is 1.21 bits per heavy atom. The fourth-order valence-electron chi connectivity index (χ4n) is 3.70. The van der Waals surface area contributed by atoms with E-state index in [0.717, 1.165) is 18.4 Å². The van der Waals surface area contributed by atoms with Crippen LogP contribution in [0, 0.1) is 6.92 Å². The molecule has 0 radical (unpaired) electrons. The number of aryl methyl sites for hydroxylation is 1. The molecule has 0 spiro atoms. The minimum Gasteiger partial charge on any atom is -0.353 e. The summed E-state index contributed by atoms with van der Waals surface area (Å²) in [5, 5.41) is 4.13. The van der Waals surface area contributed by atoms with E-state index in [9.17, 15) is 9.59 Å². The first-order chi connectivity index (χ1) is 14.1. The zero-order valence-corrected chi connectivity index (χ0v) is 17.2. The van der Waals surface area contributed by atoms with Crippen LogP contribution in [0.5, 0.6) is 0 Å². The SMILES string of the molecule is Cc1ccnc(-n2c(SCC(=O)NC3CCCCC3)nc3ccccc3c2=O)c1. The van der Waals surface area contributed by atoms with Crippen LogP contribution in [0.3, 0.4) is 0 Å². The standard InChI is InChI=1S/C22H24N4O2S/c1-15-11-12-23-19(13-15)26-21(28)17-9-5-6-10-18(17)25-22(26)29-14-20(27)24-16-7-3-2-4-8-16/h5-6,9-13,16H,2-4,7-8,14H2,1H3,(H,24,27). The Hall–Kier alpha value is -2.67. The van der Waals surface area contributed by atoms with Crippen molar-refractivity contribution < 1.29 is 4.79 Å². The lowest BCUT2D eigenvalue weighted by molar-refractivity contribution is -0.119. The first-order valence-electron chi connectivity index (χ1n) is 9.99. The fourth-order valence-corrected chi connectivity index (χ4v) is 4.51. The average Bonchev–Trinajstić information content (AvgIpc) is 2.73. The molecular formula is C22H24N4O2S. The van der Waals surface area contributed by atoms with E-state index in [2.05, 4.69) is 15.3 Å². The molecule has 4 rings (SSSR count). The second kappa shape index (κ2) is 8.78. The average molecular weight is 409 g/mol. The molecule has 1 aromatic carbocycles. The number of fused-ring (bicyclic) bond motifs is 1. The number of hydrogen-bond acceptors (Lipinski definition) is 5. The molecule has 1 amide bonds.